The Kier molecular flexibility index (Phi) is 1.05. The molecule has 5 heteroatoms. The Bertz CT molecular complexity index is 141. The average molecular weight is 115 g/mol. The molecule has 0 bridgehead atoms. The van der Waals surface area contributed by atoms with Crippen LogP contribution in [0.4, 0.5) is 0 Å². The van der Waals surface area contributed by atoms with E-state index in [1.54, 1.807) is 0 Å². The van der Waals surface area contributed by atoms with E-state index in [9.17, 15) is 5.21 Å². The van der Waals surface area contributed by atoms with Gasteiger partial charge in [0.1, 0.15) is 0 Å². The van der Waals surface area contributed by atoms with Crippen LogP contribution in [0.15, 0.2) is 12.3 Å². The zero-order valence-corrected chi connectivity index (χ0v) is 3.98. The van der Waals surface area contributed by atoms with Gasteiger partial charge in [-0.1, -0.05) is 10.4 Å². The molecule has 0 aromatic carbocycles. The standard InChI is InChI=1S/C3H5N3O2/c7-5-2-1-3-6(8)4-5/h1-4,7H. The number of hydroxylamine groups is 1. The highest BCUT2D eigenvalue weighted by molar-refractivity contribution is 5.66. The lowest BCUT2D eigenvalue weighted by Crippen LogP contribution is -2.39. The number of hydrogen-bond donors (Lipinski definition) is 2. The summed E-state index contributed by atoms with van der Waals surface area (Å²) in [5, 5.41) is 19.2. The molecular formula is C3H5N3O2. The summed E-state index contributed by atoms with van der Waals surface area (Å²) < 4.78 is 0. The Morgan fingerprint density at radius 3 is 2.88 bits per heavy atom. The van der Waals surface area contributed by atoms with Crippen LogP contribution in [0.25, 0.3) is 0 Å². The highest BCUT2D eigenvalue weighted by atomic mass is 16.6. The molecule has 0 fully saturated rings. The van der Waals surface area contributed by atoms with Crippen LogP contribution in [0.1, 0.15) is 0 Å². The second-order valence-electron chi connectivity index (χ2n) is 1.26. The van der Waals surface area contributed by atoms with Crippen molar-refractivity contribution in [3.05, 3.63) is 17.5 Å². The number of rotatable bonds is 0. The third-order valence-corrected chi connectivity index (χ3v) is 0.650. The number of nitrogens with zero attached hydrogens (tertiary/aromatic N) is 2. The van der Waals surface area contributed by atoms with Gasteiger partial charge in [-0.15, -0.1) is 5.17 Å². The number of allylic oxidation sites excluding steroid dienone is 1. The van der Waals surface area contributed by atoms with Gasteiger partial charge in [0.05, 0.1) is 6.20 Å². The molecule has 1 aliphatic heterocycles. The highest BCUT2D eigenvalue weighted by Gasteiger charge is 1.98. The number of nitrogens with one attached hydrogen (secondary N) is 1. The number of hydrazine groups is 2. The van der Waals surface area contributed by atoms with Gasteiger partial charge < -0.3 is 5.21 Å². The SMILES string of the molecule is [O-][N+]1=CC=CN(O)N1. The van der Waals surface area contributed by atoms with E-state index >= 15 is 0 Å². The van der Waals surface area contributed by atoms with Crippen molar-refractivity contribution in [3.63, 3.8) is 0 Å². The Labute approximate surface area is 45.6 Å². The summed E-state index contributed by atoms with van der Waals surface area (Å²) in [6.45, 7) is 0. The fourth-order valence-corrected chi connectivity index (χ4v) is 0.366. The second kappa shape index (κ2) is 1.71. The van der Waals surface area contributed by atoms with Crippen LogP contribution in [0.3, 0.4) is 0 Å². The van der Waals surface area contributed by atoms with Gasteiger partial charge in [-0.05, 0) is 0 Å². The third kappa shape index (κ3) is 0.881. The first-order valence-corrected chi connectivity index (χ1v) is 2.01. The van der Waals surface area contributed by atoms with Crippen LogP contribution in [-0.2, 0) is 0 Å². The van der Waals surface area contributed by atoms with Gasteiger partial charge in [-0.2, -0.15) is 0 Å². The minimum atomic E-state index is 0.375. The van der Waals surface area contributed by atoms with Crippen molar-refractivity contribution in [2.45, 2.75) is 0 Å². The summed E-state index contributed by atoms with van der Waals surface area (Å²) in [4.78, 5) is 0.375. The van der Waals surface area contributed by atoms with Crippen molar-refractivity contribution < 1.29 is 10.1 Å². The molecule has 1 heterocycles. The van der Waals surface area contributed by atoms with E-state index < -0.39 is 0 Å². The Morgan fingerprint density at radius 1 is 1.75 bits per heavy atom. The van der Waals surface area contributed by atoms with Gasteiger partial charge in [-0.25, -0.2) is 0 Å². The summed E-state index contributed by atoms with van der Waals surface area (Å²) >= 11 is 0. The molecule has 8 heavy (non-hydrogen) atoms. The molecule has 5 nitrogen and oxygen atoms in total. The maximum atomic E-state index is 10.2. The van der Waals surface area contributed by atoms with E-state index in [-0.39, 0.29) is 0 Å². The average Bonchev–Trinajstić information content (AvgIpc) is 1.64. The van der Waals surface area contributed by atoms with Gasteiger partial charge in [0.15, 0.2) is 0 Å². The van der Waals surface area contributed by atoms with Crippen molar-refractivity contribution >= 4 is 6.21 Å². The molecule has 0 aliphatic carbocycles. The minimum absolute atomic E-state index is 0.375. The summed E-state index contributed by atoms with van der Waals surface area (Å²) in [5.74, 6) is 0. The van der Waals surface area contributed by atoms with E-state index in [0.717, 1.165) is 0 Å². The summed E-state index contributed by atoms with van der Waals surface area (Å²) in [6.07, 6.45) is 3.94. The predicted molar refractivity (Wildman–Crippen MR) is 25.6 cm³/mol. The molecule has 1 rings (SSSR count). The molecule has 0 aromatic heterocycles. The van der Waals surface area contributed by atoms with E-state index in [1.165, 1.54) is 18.5 Å². The fourth-order valence-electron chi connectivity index (χ4n) is 0.366. The Balaban J connectivity index is 2.59. The fraction of sp³-hybridized carbons (Fsp3) is 0. The van der Waals surface area contributed by atoms with Crippen LogP contribution >= 0.6 is 0 Å². The van der Waals surface area contributed by atoms with Gasteiger partial charge in [-0.3, -0.25) is 5.21 Å². The Hall–Kier alpha value is -1.23. The van der Waals surface area contributed by atoms with Gasteiger partial charge in [0.25, 0.3) is 0 Å². The molecule has 44 valence electrons. The van der Waals surface area contributed by atoms with Gasteiger partial charge >= 0.3 is 0 Å². The lowest BCUT2D eigenvalue weighted by molar-refractivity contribution is -0.576. The minimum Gasteiger partial charge on any atom is -0.595 e. The van der Waals surface area contributed by atoms with Crippen molar-refractivity contribution in [2.75, 3.05) is 0 Å². The summed E-state index contributed by atoms with van der Waals surface area (Å²) in [5.41, 5.74) is 2.00. The molecule has 0 amide bonds. The molecule has 0 unspecified atom stereocenters. The first-order valence-electron chi connectivity index (χ1n) is 2.01. The normalized spacial score (nSPS) is 17.6. The van der Waals surface area contributed by atoms with Crippen LogP contribution in [0, 0.1) is 5.21 Å². The van der Waals surface area contributed by atoms with Crippen LogP contribution in [0.5, 0.6) is 0 Å². The lowest BCUT2D eigenvalue weighted by atomic mass is 10.6. The third-order valence-electron chi connectivity index (χ3n) is 0.650. The second-order valence-corrected chi connectivity index (χ2v) is 1.26. The monoisotopic (exact) mass is 115 g/mol. The first kappa shape index (κ1) is 4.92. The zero-order valence-electron chi connectivity index (χ0n) is 3.98. The lowest BCUT2D eigenvalue weighted by Gasteiger charge is -2.13. The molecule has 1 aliphatic rings. The van der Waals surface area contributed by atoms with Gasteiger partial charge in [0.2, 0.25) is 6.21 Å². The molecule has 0 aromatic rings. The van der Waals surface area contributed by atoms with Crippen LogP contribution < -0.4 is 5.53 Å². The number of hydrogen-bond acceptors (Lipinski definition) is 4. The topological polar surface area (TPSA) is 61.6 Å². The number of hydrazone groups is 1. The predicted octanol–water partition coefficient (Wildman–Crippen LogP) is -0.794. The smallest absolute Gasteiger partial charge is 0.210 e. The Morgan fingerprint density at radius 2 is 2.50 bits per heavy atom. The van der Waals surface area contributed by atoms with E-state index in [2.05, 4.69) is 0 Å². The maximum absolute atomic E-state index is 10.2. The van der Waals surface area contributed by atoms with E-state index in [0.29, 0.717) is 10.0 Å². The molecule has 2 N–H and O–H groups in total. The van der Waals surface area contributed by atoms with E-state index in [1.807, 2.05) is 5.53 Å². The highest BCUT2D eigenvalue weighted by Crippen LogP contribution is 1.80. The van der Waals surface area contributed by atoms with E-state index in [4.69, 9.17) is 5.21 Å². The van der Waals surface area contributed by atoms with Crippen LogP contribution in [-0.4, -0.2) is 21.4 Å². The molecule has 0 spiro atoms. The quantitative estimate of drug-likeness (QED) is 0.320. The van der Waals surface area contributed by atoms with Crippen molar-refractivity contribution in [1.29, 1.82) is 0 Å². The van der Waals surface area contributed by atoms with Crippen molar-refractivity contribution in [2.24, 2.45) is 0 Å². The van der Waals surface area contributed by atoms with Gasteiger partial charge in [0, 0.05) is 6.08 Å². The van der Waals surface area contributed by atoms with Crippen LogP contribution in [0.2, 0.25) is 0 Å². The van der Waals surface area contributed by atoms with Crippen molar-refractivity contribution in [1.82, 2.24) is 10.7 Å². The van der Waals surface area contributed by atoms with Crippen molar-refractivity contribution in [3.8, 4) is 0 Å². The largest absolute Gasteiger partial charge is 0.595 e. The molecule has 0 radical (unpaired) electrons. The summed E-state index contributed by atoms with van der Waals surface area (Å²) in [7, 11) is 0. The summed E-state index contributed by atoms with van der Waals surface area (Å²) in [6, 6.07) is 0. The zero-order chi connectivity index (χ0) is 5.98. The molecular weight excluding hydrogens is 110 g/mol. The maximum Gasteiger partial charge on any atom is 0.210 e. The first-order chi connectivity index (χ1) is 3.79. The molecule has 0 saturated heterocycles. The molecule has 0 saturated carbocycles. The molecule has 0 atom stereocenters.